The Bertz CT molecular complexity index is 246. The molecule has 1 saturated carbocycles. The lowest BCUT2D eigenvalue weighted by molar-refractivity contribution is 0.0318. The highest BCUT2D eigenvalue weighted by Crippen LogP contribution is 2.43. The average Bonchev–Trinajstić information content (AvgIpc) is 2.65. The predicted octanol–water partition coefficient (Wildman–Crippen LogP) is 2.33. The Morgan fingerprint density at radius 2 is 2.12 bits per heavy atom. The van der Waals surface area contributed by atoms with E-state index >= 15 is 0 Å². The lowest BCUT2D eigenvalue weighted by atomic mass is 9.84. The van der Waals surface area contributed by atoms with E-state index < -0.39 is 0 Å². The van der Waals surface area contributed by atoms with Crippen LogP contribution < -0.4 is 5.73 Å². The summed E-state index contributed by atoms with van der Waals surface area (Å²) in [5.74, 6) is 2.05. The van der Waals surface area contributed by atoms with Gasteiger partial charge in [-0.2, -0.15) is 11.8 Å². The van der Waals surface area contributed by atoms with Gasteiger partial charge in [-0.1, -0.05) is 20.3 Å². The fourth-order valence-electron chi connectivity index (χ4n) is 3.64. The standard InChI is InChI=1S/C13H26N2S/c1-10-5-4-6-13(10,9-14)15-7-8-16-12(3)11(15)2/h10-12H,4-9,14H2,1-3H3. The van der Waals surface area contributed by atoms with E-state index in [2.05, 4.69) is 37.4 Å². The van der Waals surface area contributed by atoms with E-state index in [4.69, 9.17) is 5.73 Å². The van der Waals surface area contributed by atoms with Crippen molar-refractivity contribution in [1.29, 1.82) is 0 Å². The molecule has 4 atom stereocenters. The van der Waals surface area contributed by atoms with Crippen LogP contribution >= 0.6 is 11.8 Å². The van der Waals surface area contributed by atoms with Gasteiger partial charge in [0.2, 0.25) is 0 Å². The van der Waals surface area contributed by atoms with E-state index in [0.717, 1.165) is 17.7 Å². The fraction of sp³-hybridized carbons (Fsp3) is 1.00. The Balaban J connectivity index is 2.20. The van der Waals surface area contributed by atoms with Crippen LogP contribution in [0.1, 0.15) is 40.0 Å². The van der Waals surface area contributed by atoms with Crippen molar-refractivity contribution in [2.24, 2.45) is 11.7 Å². The molecule has 2 N–H and O–H groups in total. The van der Waals surface area contributed by atoms with Crippen LogP contribution in [0.25, 0.3) is 0 Å². The maximum Gasteiger partial charge on any atom is 0.0360 e. The Morgan fingerprint density at radius 1 is 1.38 bits per heavy atom. The van der Waals surface area contributed by atoms with Crippen LogP contribution in [-0.2, 0) is 0 Å². The van der Waals surface area contributed by atoms with Crippen molar-refractivity contribution in [2.75, 3.05) is 18.8 Å². The molecule has 0 bridgehead atoms. The van der Waals surface area contributed by atoms with Gasteiger partial charge in [0, 0.05) is 35.7 Å². The van der Waals surface area contributed by atoms with Crippen molar-refractivity contribution in [3.05, 3.63) is 0 Å². The molecular weight excluding hydrogens is 216 g/mol. The average molecular weight is 242 g/mol. The third-order valence-corrected chi connectivity index (χ3v) is 6.31. The maximum atomic E-state index is 6.15. The highest BCUT2D eigenvalue weighted by Gasteiger charge is 2.47. The van der Waals surface area contributed by atoms with Crippen molar-refractivity contribution in [3.8, 4) is 0 Å². The van der Waals surface area contributed by atoms with Crippen LogP contribution in [0.5, 0.6) is 0 Å². The van der Waals surface area contributed by atoms with Gasteiger partial charge < -0.3 is 5.73 Å². The summed E-state index contributed by atoms with van der Waals surface area (Å²) in [7, 11) is 0. The number of nitrogens with zero attached hydrogens (tertiary/aromatic N) is 1. The van der Waals surface area contributed by atoms with Crippen LogP contribution in [0.3, 0.4) is 0 Å². The summed E-state index contributed by atoms with van der Waals surface area (Å²) in [5.41, 5.74) is 6.46. The number of thioether (sulfide) groups is 1. The van der Waals surface area contributed by atoms with E-state index in [0.29, 0.717) is 11.6 Å². The molecule has 1 saturated heterocycles. The van der Waals surface area contributed by atoms with E-state index in [1.54, 1.807) is 0 Å². The zero-order chi connectivity index (χ0) is 11.8. The minimum atomic E-state index is 0.314. The van der Waals surface area contributed by atoms with E-state index in [1.807, 2.05) is 0 Å². The van der Waals surface area contributed by atoms with Gasteiger partial charge in [-0.05, 0) is 25.7 Å². The number of nitrogens with two attached hydrogens (primary N) is 1. The molecule has 1 heterocycles. The van der Waals surface area contributed by atoms with Gasteiger partial charge in [0.25, 0.3) is 0 Å². The summed E-state index contributed by atoms with van der Waals surface area (Å²) >= 11 is 2.12. The molecule has 0 aromatic carbocycles. The van der Waals surface area contributed by atoms with E-state index in [1.165, 1.54) is 31.6 Å². The lowest BCUT2D eigenvalue weighted by Gasteiger charge is -2.51. The first kappa shape index (κ1) is 12.7. The molecule has 3 heteroatoms. The van der Waals surface area contributed by atoms with E-state index in [9.17, 15) is 0 Å². The smallest absolute Gasteiger partial charge is 0.0360 e. The molecule has 0 spiro atoms. The molecule has 2 fully saturated rings. The third kappa shape index (κ3) is 1.91. The fourth-order valence-corrected chi connectivity index (χ4v) is 4.74. The first-order valence-electron chi connectivity index (χ1n) is 6.70. The topological polar surface area (TPSA) is 29.3 Å². The van der Waals surface area contributed by atoms with E-state index in [-0.39, 0.29) is 0 Å². The van der Waals surface area contributed by atoms with Gasteiger partial charge in [-0.25, -0.2) is 0 Å². The quantitative estimate of drug-likeness (QED) is 0.806. The summed E-state index contributed by atoms with van der Waals surface area (Å²) in [6.07, 6.45) is 4.04. The zero-order valence-electron chi connectivity index (χ0n) is 10.9. The molecule has 94 valence electrons. The lowest BCUT2D eigenvalue weighted by Crippen LogP contribution is -2.62. The summed E-state index contributed by atoms with van der Waals surface area (Å²) in [6.45, 7) is 9.23. The zero-order valence-corrected chi connectivity index (χ0v) is 11.7. The molecule has 2 aliphatic rings. The molecule has 1 aliphatic carbocycles. The van der Waals surface area contributed by atoms with Gasteiger partial charge in [0.05, 0.1) is 0 Å². The molecular formula is C13H26N2S. The van der Waals surface area contributed by atoms with Gasteiger partial charge in [-0.3, -0.25) is 4.90 Å². The number of hydrogen-bond donors (Lipinski definition) is 1. The van der Waals surface area contributed by atoms with Crippen molar-refractivity contribution >= 4 is 11.8 Å². The molecule has 0 aromatic heterocycles. The number of rotatable bonds is 2. The normalized spacial score (nSPS) is 46.1. The third-order valence-electron chi connectivity index (χ3n) is 4.97. The van der Waals surface area contributed by atoms with Crippen LogP contribution in [0.15, 0.2) is 0 Å². The van der Waals surface area contributed by atoms with Gasteiger partial charge in [-0.15, -0.1) is 0 Å². The Labute approximate surface area is 104 Å². The van der Waals surface area contributed by atoms with Crippen LogP contribution in [0.2, 0.25) is 0 Å². The molecule has 0 radical (unpaired) electrons. The van der Waals surface area contributed by atoms with Crippen molar-refractivity contribution < 1.29 is 0 Å². The summed E-state index contributed by atoms with van der Waals surface area (Å²) in [6, 6.07) is 0.683. The first-order chi connectivity index (χ1) is 7.62. The van der Waals surface area contributed by atoms with Crippen LogP contribution in [-0.4, -0.2) is 40.6 Å². The largest absolute Gasteiger partial charge is 0.329 e. The SMILES string of the molecule is CC1SCCN(C2(CN)CCCC2C)C1C. The van der Waals surface area contributed by atoms with Crippen LogP contribution in [0.4, 0.5) is 0 Å². The van der Waals surface area contributed by atoms with Gasteiger partial charge in [0.15, 0.2) is 0 Å². The second kappa shape index (κ2) is 4.87. The highest BCUT2D eigenvalue weighted by atomic mass is 32.2. The highest BCUT2D eigenvalue weighted by molar-refractivity contribution is 8.00. The Hall–Kier alpha value is 0.270. The summed E-state index contributed by atoms with van der Waals surface area (Å²) in [5, 5.41) is 0.755. The molecule has 16 heavy (non-hydrogen) atoms. The number of hydrogen-bond acceptors (Lipinski definition) is 3. The predicted molar refractivity (Wildman–Crippen MR) is 72.9 cm³/mol. The summed E-state index contributed by atoms with van der Waals surface area (Å²) in [4.78, 5) is 2.74. The second-order valence-electron chi connectivity index (χ2n) is 5.61. The maximum absolute atomic E-state index is 6.15. The Morgan fingerprint density at radius 3 is 2.69 bits per heavy atom. The second-order valence-corrected chi connectivity index (χ2v) is 7.10. The minimum absolute atomic E-state index is 0.314. The summed E-state index contributed by atoms with van der Waals surface area (Å²) < 4.78 is 0. The van der Waals surface area contributed by atoms with Crippen molar-refractivity contribution in [2.45, 2.75) is 56.9 Å². The molecule has 2 rings (SSSR count). The molecule has 0 amide bonds. The van der Waals surface area contributed by atoms with Crippen molar-refractivity contribution in [3.63, 3.8) is 0 Å². The van der Waals surface area contributed by atoms with Gasteiger partial charge >= 0.3 is 0 Å². The first-order valence-corrected chi connectivity index (χ1v) is 7.75. The Kier molecular flexibility index (Phi) is 3.87. The molecule has 1 aliphatic heterocycles. The van der Waals surface area contributed by atoms with Crippen molar-refractivity contribution in [1.82, 2.24) is 4.90 Å². The molecule has 4 unspecified atom stereocenters. The minimum Gasteiger partial charge on any atom is -0.329 e. The monoisotopic (exact) mass is 242 g/mol. The molecule has 0 aromatic rings. The van der Waals surface area contributed by atoms with Gasteiger partial charge in [0.1, 0.15) is 0 Å². The molecule has 2 nitrogen and oxygen atoms in total. The van der Waals surface area contributed by atoms with Crippen LogP contribution in [0, 0.1) is 5.92 Å².